The Morgan fingerprint density at radius 1 is 0.885 bits per heavy atom. The molecule has 0 heterocycles. The Kier molecular flexibility index (Phi) is 9.66. The van der Waals surface area contributed by atoms with Gasteiger partial charge >= 0.3 is 0 Å². The molecule has 26 heavy (non-hydrogen) atoms. The van der Waals surface area contributed by atoms with Gasteiger partial charge in [0.1, 0.15) is 0 Å². The summed E-state index contributed by atoms with van der Waals surface area (Å²) >= 11 is 0. The van der Waals surface area contributed by atoms with Gasteiger partial charge in [0.2, 0.25) is 0 Å². The first-order valence-electron chi connectivity index (χ1n) is 11.0. The molecule has 1 aromatic rings. The average molecular weight is 358 g/mol. The van der Waals surface area contributed by atoms with Gasteiger partial charge in [0.25, 0.3) is 0 Å². The van der Waals surface area contributed by atoms with Crippen LogP contribution in [0.4, 0.5) is 5.69 Å². The molecule has 0 radical (unpaired) electrons. The topological polar surface area (TPSA) is 23.5 Å². The molecule has 0 spiro atoms. The van der Waals surface area contributed by atoms with E-state index in [9.17, 15) is 5.11 Å². The number of aliphatic hydroxyl groups is 1. The van der Waals surface area contributed by atoms with Gasteiger partial charge in [-0.3, -0.25) is 0 Å². The smallest absolute Gasteiger partial charge is 0.0914 e. The van der Waals surface area contributed by atoms with Crippen LogP contribution in [0.3, 0.4) is 0 Å². The van der Waals surface area contributed by atoms with Crippen LogP contribution in [0, 0.1) is 0 Å². The van der Waals surface area contributed by atoms with E-state index in [1.807, 2.05) is 0 Å². The lowest BCUT2D eigenvalue weighted by atomic mass is 9.90. The van der Waals surface area contributed by atoms with E-state index in [1.54, 1.807) is 0 Å². The van der Waals surface area contributed by atoms with Crippen LogP contribution in [0.2, 0.25) is 0 Å². The minimum absolute atomic E-state index is 0.672. The molecule has 0 atom stereocenters. The van der Waals surface area contributed by atoms with Crippen LogP contribution in [-0.2, 0) is 6.42 Å². The number of unbranched alkanes of at least 4 members (excludes halogenated alkanes) is 4. The van der Waals surface area contributed by atoms with Gasteiger partial charge in [-0.15, -0.1) is 0 Å². The lowest BCUT2D eigenvalue weighted by Crippen LogP contribution is -2.25. The highest BCUT2D eigenvalue weighted by Crippen LogP contribution is 2.29. The van der Waals surface area contributed by atoms with Crippen LogP contribution in [-0.4, -0.2) is 18.2 Å². The Morgan fingerprint density at radius 2 is 1.58 bits per heavy atom. The fourth-order valence-corrected chi connectivity index (χ4v) is 3.60. The fourth-order valence-electron chi connectivity index (χ4n) is 3.60. The van der Waals surface area contributed by atoms with Crippen molar-refractivity contribution in [2.24, 2.45) is 0 Å². The molecule has 1 aliphatic rings. The Labute approximate surface area is 161 Å². The Balaban J connectivity index is 1.81. The maximum Gasteiger partial charge on any atom is 0.0914 e. The Bertz CT molecular complexity index is 526. The third-order valence-electron chi connectivity index (χ3n) is 5.61. The number of allylic oxidation sites excluding steroid dienone is 2. The molecule has 2 rings (SSSR count). The monoisotopic (exact) mass is 357 g/mol. The highest BCUT2D eigenvalue weighted by atomic mass is 16.3. The molecule has 1 N–H and O–H groups in total. The second-order valence-electron chi connectivity index (χ2n) is 7.83. The molecule has 0 bridgehead atoms. The summed E-state index contributed by atoms with van der Waals surface area (Å²) in [5.74, 6) is 0.672. The van der Waals surface area contributed by atoms with Crippen molar-refractivity contribution in [3.05, 3.63) is 41.2 Å². The van der Waals surface area contributed by atoms with Crippen LogP contribution in [0.15, 0.2) is 35.6 Å². The van der Waals surface area contributed by atoms with Gasteiger partial charge in [-0.05, 0) is 68.2 Å². The molecule has 0 unspecified atom stereocenters. The van der Waals surface area contributed by atoms with E-state index in [-0.39, 0.29) is 0 Å². The normalized spacial score (nSPS) is 13.5. The quantitative estimate of drug-likeness (QED) is 0.298. The van der Waals surface area contributed by atoms with Crippen molar-refractivity contribution in [1.82, 2.24) is 0 Å². The first-order valence-corrected chi connectivity index (χ1v) is 11.0. The van der Waals surface area contributed by atoms with Crippen molar-refractivity contribution in [3.63, 3.8) is 0 Å². The number of aliphatic hydroxyl groups excluding tert-OH is 1. The summed E-state index contributed by atoms with van der Waals surface area (Å²) in [6.45, 7) is 6.90. The molecule has 1 fully saturated rings. The standard InChI is InChI=1S/C24H39NO/c1-3-5-7-8-20-25(19-6-4-2)23-17-15-21(16-18-23)11-9-14-24(26)22-12-10-13-22/h15-18,26H,3-14,19-20H2,1-2H3. The Morgan fingerprint density at radius 3 is 2.19 bits per heavy atom. The van der Waals surface area contributed by atoms with Gasteiger partial charge < -0.3 is 10.0 Å². The highest BCUT2D eigenvalue weighted by molar-refractivity contribution is 5.47. The molecule has 1 saturated carbocycles. The number of anilines is 1. The van der Waals surface area contributed by atoms with E-state index in [2.05, 4.69) is 43.0 Å². The van der Waals surface area contributed by atoms with E-state index in [0.717, 1.165) is 32.1 Å². The molecule has 146 valence electrons. The van der Waals surface area contributed by atoms with E-state index < -0.39 is 0 Å². The Hall–Kier alpha value is -1.44. The summed E-state index contributed by atoms with van der Waals surface area (Å²) in [5, 5.41) is 10.0. The van der Waals surface area contributed by atoms with Crippen molar-refractivity contribution in [1.29, 1.82) is 0 Å². The van der Waals surface area contributed by atoms with Gasteiger partial charge in [0.15, 0.2) is 0 Å². The first-order chi connectivity index (χ1) is 12.7. The largest absolute Gasteiger partial charge is 0.512 e. The number of rotatable bonds is 13. The van der Waals surface area contributed by atoms with Crippen LogP contribution >= 0.6 is 0 Å². The highest BCUT2D eigenvalue weighted by Gasteiger charge is 2.13. The zero-order chi connectivity index (χ0) is 18.6. The second kappa shape index (κ2) is 12.0. The number of aryl methyl sites for hydroxylation is 1. The average Bonchev–Trinajstić information content (AvgIpc) is 2.60. The number of benzene rings is 1. The maximum atomic E-state index is 10.0. The molecule has 0 aliphatic heterocycles. The summed E-state index contributed by atoms with van der Waals surface area (Å²) in [7, 11) is 0. The summed E-state index contributed by atoms with van der Waals surface area (Å²) < 4.78 is 0. The van der Waals surface area contributed by atoms with Crippen LogP contribution in [0.5, 0.6) is 0 Å². The molecule has 2 nitrogen and oxygen atoms in total. The SMILES string of the molecule is CCCCCCN(CCCC)c1ccc(CCCC(O)=C2CCC2)cc1. The summed E-state index contributed by atoms with van der Waals surface area (Å²) in [4.78, 5) is 2.57. The molecular weight excluding hydrogens is 318 g/mol. The third kappa shape index (κ3) is 7.05. The number of nitrogens with zero attached hydrogens (tertiary/aromatic N) is 1. The van der Waals surface area contributed by atoms with Crippen LogP contribution < -0.4 is 4.90 Å². The third-order valence-corrected chi connectivity index (χ3v) is 5.61. The van der Waals surface area contributed by atoms with Crippen molar-refractivity contribution >= 4 is 5.69 Å². The molecule has 2 heteroatoms. The van der Waals surface area contributed by atoms with Gasteiger partial charge in [-0.2, -0.15) is 0 Å². The summed E-state index contributed by atoms with van der Waals surface area (Å²) in [6.07, 6.45) is 14.3. The maximum absolute atomic E-state index is 10.0. The molecule has 0 amide bonds. The lowest BCUT2D eigenvalue weighted by molar-refractivity contribution is 0.361. The number of hydrogen-bond acceptors (Lipinski definition) is 2. The van der Waals surface area contributed by atoms with E-state index >= 15 is 0 Å². The predicted molar refractivity (Wildman–Crippen MR) is 114 cm³/mol. The molecule has 0 aromatic heterocycles. The van der Waals surface area contributed by atoms with E-state index in [0.29, 0.717) is 5.76 Å². The molecule has 1 aromatic carbocycles. The fraction of sp³-hybridized carbons (Fsp3) is 0.667. The predicted octanol–water partition coefficient (Wildman–Crippen LogP) is 7.19. The zero-order valence-corrected chi connectivity index (χ0v) is 17.1. The van der Waals surface area contributed by atoms with Gasteiger partial charge in [0, 0.05) is 25.2 Å². The van der Waals surface area contributed by atoms with Crippen LogP contribution in [0.1, 0.15) is 90.0 Å². The molecular formula is C24H39NO. The molecule has 0 saturated heterocycles. The zero-order valence-electron chi connectivity index (χ0n) is 17.1. The van der Waals surface area contributed by atoms with E-state index in [1.165, 1.54) is 74.9 Å². The summed E-state index contributed by atoms with van der Waals surface area (Å²) in [6, 6.07) is 9.17. The van der Waals surface area contributed by atoms with Crippen LogP contribution in [0.25, 0.3) is 0 Å². The molecule has 1 aliphatic carbocycles. The minimum atomic E-state index is 0.672. The second-order valence-corrected chi connectivity index (χ2v) is 7.83. The first kappa shape index (κ1) is 20.9. The van der Waals surface area contributed by atoms with Crippen molar-refractivity contribution < 1.29 is 5.11 Å². The van der Waals surface area contributed by atoms with E-state index in [4.69, 9.17) is 0 Å². The van der Waals surface area contributed by atoms with Crippen molar-refractivity contribution in [2.45, 2.75) is 90.9 Å². The lowest BCUT2D eigenvalue weighted by Gasteiger charge is -2.25. The minimum Gasteiger partial charge on any atom is -0.512 e. The van der Waals surface area contributed by atoms with Gasteiger partial charge in [-0.25, -0.2) is 0 Å². The number of hydrogen-bond donors (Lipinski definition) is 1. The van der Waals surface area contributed by atoms with Crippen molar-refractivity contribution in [2.75, 3.05) is 18.0 Å². The van der Waals surface area contributed by atoms with Crippen molar-refractivity contribution in [3.8, 4) is 0 Å². The van der Waals surface area contributed by atoms with Gasteiger partial charge in [-0.1, -0.05) is 51.7 Å². The summed E-state index contributed by atoms with van der Waals surface area (Å²) in [5.41, 5.74) is 4.06. The van der Waals surface area contributed by atoms with Gasteiger partial charge in [0.05, 0.1) is 5.76 Å².